The van der Waals surface area contributed by atoms with E-state index in [9.17, 15) is 14.7 Å². The second-order valence-corrected chi connectivity index (χ2v) is 6.92. The van der Waals surface area contributed by atoms with Crippen LogP contribution < -0.4 is 5.32 Å². The van der Waals surface area contributed by atoms with Gasteiger partial charge < -0.3 is 19.9 Å². The van der Waals surface area contributed by atoms with Gasteiger partial charge in [0.1, 0.15) is 0 Å². The van der Waals surface area contributed by atoms with Crippen molar-refractivity contribution in [1.82, 2.24) is 0 Å². The largest absolute Gasteiger partial charge is 0.480 e. The van der Waals surface area contributed by atoms with Gasteiger partial charge in [-0.15, -0.1) is 0 Å². The van der Waals surface area contributed by atoms with E-state index in [1.54, 1.807) is 0 Å². The predicted molar refractivity (Wildman–Crippen MR) is 92.4 cm³/mol. The van der Waals surface area contributed by atoms with Gasteiger partial charge in [0.15, 0.2) is 0 Å². The first-order chi connectivity index (χ1) is 11.9. The van der Waals surface area contributed by atoms with Gasteiger partial charge in [-0.05, 0) is 31.0 Å². The van der Waals surface area contributed by atoms with Gasteiger partial charge in [0, 0.05) is 17.9 Å². The van der Waals surface area contributed by atoms with Gasteiger partial charge in [-0.25, -0.2) is 4.79 Å². The number of halogens is 2. The van der Waals surface area contributed by atoms with Crippen LogP contribution in [-0.4, -0.2) is 22.8 Å². The van der Waals surface area contributed by atoms with Gasteiger partial charge in [-0.2, -0.15) is 0 Å². The van der Waals surface area contributed by atoms with Gasteiger partial charge in [-0.1, -0.05) is 36.0 Å². The molecule has 134 valence electrons. The second kappa shape index (κ2) is 7.14. The maximum atomic E-state index is 12.4. The molecule has 1 saturated carbocycles. The number of nitrogens with one attached hydrogen (secondary N) is 1. The molecular formula is C17H17Cl2NO5. The number of aliphatic hydroxyl groups excluding tert-OH is 1. The smallest absolute Gasteiger partial charge is 0.354 e. The summed E-state index contributed by atoms with van der Waals surface area (Å²) in [5.74, 6) is -3.68. The van der Waals surface area contributed by atoms with Crippen molar-refractivity contribution in [3.63, 3.8) is 0 Å². The Labute approximate surface area is 154 Å². The highest BCUT2D eigenvalue weighted by molar-refractivity contribution is 6.37. The first-order valence-corrected chi connectivity index (χ1v) is 8.78. The lowest BCUT2D eigenvalue weighted by molar-refractivity contribution is -0.243. The minimum Gasteiger partial charge on any atom is -0.480 e. The quantitative estimate of drug-likeness (QED) is 0.584. The molecule has 1 aliphatic heterocycles. The van der Waals surface area contributed by atoms with E-state index in [1.165, 1.54) is 18.2 Å². The summed E-state index contributed by atoms with van der Waals surface area (Å²) in [7, 11) is 0. The number of esters is 1. The van der Waals surface area contributed by atoms with Crippen LogP contribution in [0.25, 0.3) is 0 Å². The number of aliphatic hydroxyl groups is 1. The first-order valence-electron chi connectivity index (χ1n) is 8.02. The van der Waals surface area contributed by atoms with E-state index in [0.29, 0.717) is 17.9 Å². The van der Waals surface area contributed by atoms with Crippen LogP contribution in [0, 0.1) is 0 Å². The number of ether oxygens (including phenoxy) is 2. The first kappa shape index (κ1) is 17.9. The van der Waals surface area contributed by atoms with E-state index in [4.69, 9.17) is 32.7 Å². The Kier molecular flexibility index (Phi) is 5.11. The van der Waals surface area contributed by atoms with Crippen molar-refractivity contribution in [2.75, 3.05) is 5.32 Å². The third kappa shape index (κ3) is 3.85. The van der Waals surface area contributed by atoms with E-state index < -0.39 is 29.2 Å². The van der Waals surface area contributed by atoms with Crippen molar-refractivity contribution in [3.8, 4) is 0 Å². The van der Waals surface area contributed by atoms with E-state index in [2.05, 4.69) is 5.32 Å². The van der Waals surface area contributed by atoms with Crippen molar-refractivity contribution in [1.29, 1.82) is 0 Å². The van der Waals surface area contributed by atoms with Gasteiger partial charge in [-0.3, -0.25) is 4.79 Å². The lowest BCUT2D eigenvalue weighted by Gasteiger charge is -2.35. The van der Waals surface area contributed by atoms with Crippen molar-refractivity contribution in [2.45, 2.75) is 44.3 Å². The lowest BCUT2D eigenvalue weighted by atomic mass is 10.1. The molecule has 0 aromatic heterocycles. The summed E-state index contributed by atoms with van der Waals surface area (Å²) in [5.41, 5.74) is -0.334. The maximum absolute atomic E-state index is 12.4. The van der Waals surface area contributed by atoms with Gasteiger partial charge in [0.05, 0.1) is 10.7 Å². The average Bonchev–Trinajstić information content (AvgIpc) is 2.74. The SMILES string of the molecule is O=C(Nc1ccc(Cl)cc1Cl)C1=C(O)OC2(CCCCCC2)OC1=O. The third-order valence-corrected chi connectivity index (χ3v) is 4.80. The summed E-state index contributed by atoms with van der Waals surface area (Å²) in [6.07, 6.45) is 4.64. The molecule has 0 saturated heterocycles. The summed E-state index contributed by atoms with van der Waals surface area (Å²) in [6, 6.07) is 4.47. The molecular weight excluding hydrogens is 369 g/mol. The zero-order valence-electron chi connectivity index (χ0n) is 13.3. The molecule has 8 heteroatoms. The third-order valence-electron chi connectivity index (χ3n) is 4.25. The number of carbonyl (C=O) groups is 2. The topological polar surface area (TPSA) is 84.9 Å². The number of rotatable bonds is 2. The van der Waals surface area contributed by atoms with E-state index in [-0.39, 0.29) is 10.7 Å². The van der Waals surface area contributed by atoms with Crippen molar-refractivity contribution < 1.29 is 24.2 Å². The molecule has 0 atom stereocenters. The molecule has 1 aliphatic carbocycles. The Morgan fingerprint density at radius 3 is 2.40 bits per heavy atom. The highest BCUT2D eigenvalue weighted by atomic mass is 35.5. The number of amides is 1. The van der Waals surface area contributed by atoms with Crippen LogP contribution in [0.15, 0.2) is 29.7 Å². The summed E-state index contributed by atoms with van der Waals surface area (Å²) in [6.45, 7) is 0. The molecule has 1 spiro atoms. The predicted octanol–water partition coefficient (Wildman–Crippen LogP) is 4.33. The Morgan fingerprint density at radius 2 is 1.80 bits per heavy atom. The number of hydrogen-bond donors (Lipinski definition) is 2. The summed E-state index contributed by atoms with van der Waals surface area (Å²) in [4.78, 5) is 24.7. The average molecular weight is 386 g/mol. The molecule has 6 nitrogen and oxygen atoms in total. The molecule has 1 heterocycles. The van der Waals surface area contributed by atoms with Crippen LogP contribution in [0.3, 0.4) is 0 Å². The normalized spacial score (nSPS) is 19.8. The minimum absolute atomic E-state index is 0.200. The molecule has 25 heavy (non-hydrogen) atoms. The molecule has 1 fully saturated rings. The number of hydrogen-bond acceptors (Lipinski definition) is 5. The fourth-order valence-corrected chi connectivity index (χ4v) is 3.45. The van der Waals surface area contributed by atoms with E-state index >= 15 is 0 Å². The summed E-state index contributed by atoms with van der Waals surface area (Å²) < 4.78 is 10.9. The van der Waals surface area contributed by atoms with E-state index in [1.807, 2.05) is 0 Å². The van der Waals surface area contributed by atoms with Crippen molar-refractivity contribution in [3.05, 3.63) is 39.8 Å². The van der Waals surface area contributed by atoms with Gasteiger partial charge >= 0.3 is 11.9 Å². The van der Waals surface area contributed by atoms with Gasteiger partial charge in [0.25, 0.3) is 11.7 Å². The molecule has 2 N–H and O–H groups in total. The number of carbonyl (C=O) groups excluding carboxylic acids is 2. The zero-order chi connectivity index (χ0) is 18.0. The minimum atomic E-state index is -1.18. The standard InChI is InChI=1S/C17H17Cl2NO5/c18-10-5-6-12(11(19)9-10)20-14(21)13-15(22)24-17(25-16(13)23)7-3-1-2-4-8-17/h5-6,9,22H,1-4,7-8H2,(H,20,21). The lowest BCUT2D eigenvalue weighted by Crippen LogP contribution is -2.44. The second-order valence-electron chi connectivity index (χ2n) is 6.07. The monoisotopic (exact) mass is 385 g/mol. The van der Waals surface area contributed by atoms with Crippen LogP contribution in [0.5, 0.6) is 0 Å². The van der Waals surface area contributed by atoms with Crippen LogP contribution in [-0.2, 0) is 19.1 Å². The Bertz CT molecular complexity index is 739. The maximum Gasteiger partial charge on any atom is 0.354 e. The summed E-state index contributed by atoms with van der Waals surface area (Å²) >= 11 is 11.8. The Hall–Kier alpha value is -1.92. The molecule has 2 aliphatic rings. The highest BCUT2D eigenvalue weighted by Crippen LogP contribution is 2.37. The molecule has 0 unspecified atom stereocenters. The van der Waals surface area contributed by atoms with Crippen LogP contribution in [0.2, 0.25) is 10.0 Å². The number of anilines is 1. The molecule has 1 aromatic rings. The highest BCUT2D eigenvalue weighted by Gasteiger charge is 2.46. The molecule has 3 rings (SSSR count). The fourth-order valence-electron chi connectivity index (χ4n) is 2.99. The van der Waals surface area contributed by atoms with E-state index in [0.717, 1.165) is 25.7 Å². The summed E-state index contributed by atoms with van der Waals surface area (Å²) in [5, 5.41) is 13.2. The molecule has 0 radical (unpaired) electrons. The Balaban J connectivity index is 1.81. The van der Waals surface area contributed by atoms with Crippen LogP contribution in [0.4, 0.5) is 5.69 Å². The Morgan fingerprint density at radius 1 is 1.12 bits per heavy atom. The van der Waals surface area contributed by atoms with Crippen LogP contribution >= 0.6 is 23.2 Å². The fraction of sp³-hybridized carbons (Fsp3) is 0.412. The molecule has 1 aromatic carbocycles. The number of benzene rings is 1. The zero-order valence-corrected chi connectivity index (χ0v) is 14.8. The van der Waals surface area contributed by atoms with Crippen molar-refractivity contribution in [2.24, 2.45) is 0 Å². The van der Waals surface area contributed by atoms with Crippen molar-refractivity contribution >= 4 is 40.8 Å². The molecule has 0 bridgehead atoms. The van der Waals surface area contributed by atoms with Crippen LogP contribution in [0.1, 0.15) is 38.5 Å². The molecule has 1 amide bonds. The van der Waals surface area contributed by atoms with Gasteiger partial charge in [0.2, 0.25) is 5.57 Å².